The van der Waals surface area contributed by atoms with Crippen LogP contribution in [0.3, 0.4) is 0 Å². The number of benzene rings is 2. The molecule has 0 bridgehead atoms. The lowest BCUT2D eigenvalue weighted by molar-refractivity contribution is 0.426. The predicted molar refractivity (Wildman–Crippen MR) is 130 cm³/mol. The molecule has 0 heterocycles. The van der Waals surface area contributed by atoms with Crippen LogP contribution in [0.25, 0.3) is 16.7 Å². The van der Waals surface area contributed by atoms with Gasteiger partial charge in [0.1, 0.15) is 0 Å². The molecule has 1 N–H and O–H groups in total. The van der Waals surface area contributed by atoms with Gasteiger partial charge in [-0.1, -0.05) is 74.9 Å². The van der Waals surface area contributed by atoms with Crippen molar-refractivity contribution < 1.29 is 0 Å². The molecule has 2 heteroatoms. The Bertz CT molecular complexity index is 895. The summed E-state index contributed by atoms with van der Waals surface area (Å²) in [5.74, 6) is 0. The third-order valence-electron chi connectivity index (χ3n) is 5.37. The number of hydrogen-bond donors (Lipinski definition) is 1. The Hall–Kier alpha value is -2.06. The van der Waals surface area contributed by atoms with Gasteiger partial charge in [0.05, 0.1) is 0 Å². The minimum absolute atomic E-state index is 0.0860. The molecule has 29 heavy (non-hydrogen) atoms. The lowest BCUT2D eigenvalue weighted by atomic mass is 9.81. The molecule has 0 saturated heterocycles. The highest BCUT2D eigenvalue weighted by molar-refractivity contribution is 6.04. The average molecular weight is 385 g/mol. The maximum atomic E-state index is 5.70. The molecule has 1 unspecified atom stereocenters. The molecular formula is C27H36BN. The summed E-state index contributed by atoms with van der Waals surface area (Å²) < 4.78 is 0. The van der Waals surface area contributed by atoms with Gasteiger partial charge >= 0.3 is 0 Å². The molecule has 152 valence electrons. The monoisotopic (exact) mass is 385 g/mol. The lowest BCUT2D eigenvalue weighted by Gasteiger charge is -2.24. The maximum absolute atomic E-state index is 5.70. The fourth-order valence-corrected chi connectivity index (χ4v) is 3.69. The van der Waals surface area contributed by atoms with E-state index in [9.17, 15) is 0 Å². The van der Waals surface area contributed by atoms with Crippen molar-refractivity contribution in [1.29, 1.82) is 0 Å². The topological polar surface area (TPSA) is 12.0 Å². The van der Waals surface area contributed by atoms with E-state index < -0.39 is 0 Å². The average Bonchev–Trinajstić information content (AvgIpc) is 2.64. The van der Waals surface area contributed by atoms with E-state index in [2.05, 4.69) is 95.8 Å². The Morgan fingerprint density at radius 1 is 1.03 bits per heavy atom. The van der Waals surface area contributed by atoms with Crippen LogP contribution in [0.15, 0.2) is 60.2 Å². The third kappa shape index (κ3) is 6.47. The molecule has 0 amide bonds. The third-order valence-corrected chi connectivity index (χ3v) is 5.37. The normalized spacial score (nSPS) is 12.5. The Morgan fingerprint density at radius 3 is 2.24 bits per heavy atom. The first-order valence-corrected chi connectivity index (χ1v) is 10.5. The summed E-state index contributed by atoms with van der Waals surface area (Å²) in [6.07, 6.45) is 1.91. The summed E-state index contributed by atoms with van der Waals surface area (Å²) in [5, 5.41) is 2.87. The fourth-order valence-electron chi connectivity index (χ4n) is 3.69. The largest absolute Gasteiger partial charge is 0.360 e. The van der Waals surface area contributed by atoms with Crippen molar-refractivity contribution in [2.75, 3.05) is 0 Å². The van der Waals surface area contributed by atoms with Crippen LogP contribution in [0.2, 0.25) is 0 Å². The van der Waals surface area contributed by atoms with Crippen LogP contribution in [0, 0.1) is 12.3 Å². The van der Waals surface area contributed by atoms with Crippen molar-refractivity contribution in [2.45, 2.75) is 67.3 Å². The molecule has 2 aromatic carbocycles. The van der Waals surface area contributed by atoms with Gasteiger partial charge < -0.3 is 5.23 Å². The van der Waals surface area contributed by atoms with Gasteiger partial charge in [0.15, 0.2) is 7.98 Å². The summed E-state index contributed by atoms with van der Waals surface area (Å²) in [7, 11) is 5.70. The smallest absolute Gasteiger partial charge is 0.178 e. The SMILES string of the molecule is [B]NC(Cc1cccc(-c2ccc(C)c(C(CC(C)(C)C)=C(C)C)c2)c1)C(=C)C. The number of rotatable bonds is 7. The van der Waals surface area contributed by atoms with E-state index in [0.717, 1.165) is 18.4 Å². The zero-order valence-electron chi connectivity index (χ0n) is 19.3. The first-order chi connectivity index (χ1) is 13.5. The van der Waals surface area contributed by atoms with Gasteiger partial charge in [-0.2, -0.15) is 0 Å². The minimum Gasteiger partial charge on any atom is -0.360 e. The first kappa shape index (κ1) is 23.2. The molecule has 2 aromatic rings. The summed E-state index contributed by atoms with van der Waals surface area (Å²) in [5.41, 5.74) is 10.6. The molecule has 2 rings (SSSR count). The van der Waals surface area contributed by atoms with E-state index in [1.165, 1.54) is 39.0 Å². The highest BCUT2D eigenvalue weighted by Gasteiger charge is 2.17. The van der Waals surface area contributed by atoms with Gasteiger partial charge in [-0.05, 0) is 85.4 Å². The van der Waals surface area contributed by atoms with E-state index in [1.807, 2.05) is 6.92 Å². The van der Waals surface area contributed by atoms with E-state index in [4.69, 9.17) is 7.98 Å². The Morgan fingerprint density at radius 2 is 1.69 bits per heavy atom. The number of allylic oxidation sites excluding steroid dienone is 2. The molecule has 0 aromatic heterocycles. The predicted octanol–water partition coefficient (Wildman–Crippen LogP) is 7.05. The van der Waals surface area contributed by atoms with Crippen molar-refractivity contribution >= 4 is 13.6 Å². The van der Waals surface area contributed by atoms with Gasteiger partial charge in [-0.15, -0.1) is 0 Å². The van der Waals surface area contributed by atoms with Gasteiger partial charge in [-0.3, -0.25) is 0 Å². The van der Waals surface area contributed by atoms with E-state index in [0.29, 0.717) is 0 Å². The highest BCUT2D eigenvalue weighted by Crippen LogP contribution is 2.36. The van der Waals surface area contributed by atoms with Crippen LogP contribution in [0.4, 0.5) is 0 Å². The van der Waals surface area contributed by atoms with Gasteiger partial charge in [-0.25, -0.2) is 0 Å². The molecule has 0 aliphatic rings. The summed E-state index contributed by atoms with van der Waals surface area (Å²) in [6, 6.07) is 15.7. The van der Waals surface area contributed by atoms with E-state index >= 15 is 0 Å². The highest BCUT2D eigenvalue weighted by atomic mass is 14.8. The van der Waals surface area contributed by atoms with E-state index in [-0.39, 0.29) is 11.5 Å². The molecule has 0 fully saturated rings. The Kier molecular flexibility index (Phi) is 7.71. The molecular weight excluding hydrogens is 349 g/mol. The second-order valence-corrected chi connectivity index (χ2v) is 9.72. The van der Waals surface area contributed by atoms with Crippen molar-refractivity contribution in [3.8, 4) is 11.1 Å². The van der Waals surface area contributed by atoms with Gasteiger partial charge in [0, 0.05) is 6.04 Å². The summed E-state index contributed by atoms with van der Waals surface area (Å²) >= 11 is 0. The molecule has 1 atom stereocenters. The minimum atomic E-state index is 0.0860. The van der Waals surface area contributed by atoms with Gasteiger partial charge in [0.2, 0.25) is 0 Å². The summed E-state index contributed by atoms with van der Waals surface area (Å²) in [6.45, 7) is 19.6. The van der Waals surface area contributed by atoms with Crippen molar-refractivity contribution in [1.82, 2.24) is 5.23 Å². The van der Waals surface area contributed by atoms with Crippen LogP contribution >= 0.6 is 0 Å². The first-order valence-electron chi connectivity index (χ1n) is 10.5. The number of aryl methyl sites for hydroxylation is 1. The maximum Gasteiger partial charge on any atom is 0.178 e. The van der Waals surface area contributed by atoms with Crippen molar-refractivity contribution in [3.05, 3.63) is 76.9 Å². The number of hydrogen-bond acceptors (Lipinski definition) is 1. The molecule has 0 saturated carbocycles. The zero-order chi connectivity index (χ0) is 21.8. The van der Waals surface area contributed by atoms with Crippen LogP contribution in [0.5, 0.6) is 0 Å². The fraction of sp³-hybridized carbons (Fsp3) is 0.407. The van der Waals surface area contributed by atoms with Crippen molar-refractivity contribution in [3.63, 3.8) is 0 Å². The van der Waals surface area contributed by atoms with Gasteiger partial charge in [0.25, 0.3) is 0 Å². The standard InChI is InChI=1S/C27H36BN/c1-18(2)25(17-27(6,7)8)24-16-23(13-12-20(24)5)22-11-9-10-21(14-22)15-26(29-28)19(3)4/h9-14,16,26,29H,3,15,17H2,1-2,4-8H3. The Balaban J connectivity index is 2.45. The molecule has 1 nitrogen and oxygen atoms in total. The van der Waals surface area contributed by atoms with Crippen molar-refractivity contribution in [2.24, 2.45) is 5.41 Å². The quantitative estimate of drug-likeness (QED) is 0.398. The summed E-state index contributed by atoms with van der Waals surface area (Å²) in [4.78, 5) is 0. The lowest BCUT2D eigenvalue weighted by Crippen LogP contribution is -2.29. The molecule has 0 aliphatic carbocycles. The van der Waals surface area contributed by atoms with Crippen LogP contribution in [-0.4, -0.2) is 14.0 Å². The van der Waals surface area contributed by atoms with Crippen LogP contribution in [-0.2, 0) is 6.42 Å². The molecule has 2 radical (unpaired) electrons. The Labute approximate surface area is 179 Å². The second kappa shape index (κ2) is 9.63. The number of nitrogens with one attached hydrogen (secondary N) is 1. The molecule has 0 spiro atoms. The molecule has 0 aliphatic heterocycles. The van der Waals surface area contributed by atoms with E-state index in [1.54, 1.807) is 0 Å². The second-order valence-electron chi connectivity index (χ2n) is 9.72. The van der Waals surface area contributed by atoms with Crippen LogP contribution in [0.1, 0.15) is 64.7 Å². The van der Waals surface area contributed by atoms with Crippen LogP contribution < -0.4 is 5.23 Å². The zero-order valence-corrected chi connectivity index (χ0v) is 19.3.